The summed E-state index contributed by atoms with van der Waals surface area (Å²) in [4.78, 5) is 25.7. The van der Waals surface area contributed by atoms with Crippen LogP contribution in [0, 0.1) is 0 Å². The van der Waals surface area contributed by atoms with Crippen LogP contribution in [-0.2, 0) is 16.0 Å². The van der Waals surface area contributed by atoms with Crippen molar-refractivity contribution in [3.05, 3.63) is 35.9 Å². The number of hydrogen-bond acceptors (Lipinski definition) is 3. The Hall–Kier alpha value is -1.88. The Morgan fingerprint density at radius 1 is 1.33 bits per heavy atom. The minimum atomic E-state index is -0.0392. The van der Waals surface area contributed by atoms with Crippen LogP contribution in [0.2, 0.25) is 0 Å². The zero-order valence-electron chi connectivity index (χ0n) is 12.5. The van der Waals surface area contributed by atoms with E-state index in [0.29, 0.717) is 25.4 Å². The maximum Gasteiger partial charge on any atom is 0.224 e. The molecule has 1 unspecified atom stereocenters. The fourth-order valence-corrected chi connectivity index (χ4v) is 2.47. The molecule has 0 aliphatic carbocycles. The van der Waals surface area contributed by atoms with E-state index in [4.69, 9.17) is 0 Å². The smallest absolute Gasteiger partial charge is 0.224 e. The summed E-state index contributed by atoms with van der Waals surface area (Å²) in [6.07, 6.45) is 0.729. The molecule has 114 valence electrons. The Morgan fingerprint density at radius 2 is 2.10 bits per heavy atom. The van der Waals surface area contributed by atoms with E-state index in [1.165, 1.54) is 0 Å². The van der Waals surface area contributed by atoms with E-state index in [-0.39, 0.29) is 11.8 Å². The van der Waals surface area contributed by atoms with E-state index in [9.17, 15) is 9.59 Å². The van der Waals surface area contributed by atoms with Crippen LogP contribution in [0.5, 0.6) is 0 Å². The second-order valence-electron chi connectivity index (χ2n) is 5.46. The molecule has 21 heavy (non-hydrogen) atoms. The van der Waals surface area contributed by atoms with Crippen molar-refractivity contribution in [2.45, 2.75) is 25.8 Å². The van der Waals surface area contributed by atoms with Gasteiger partial charge in [-0.15, -0.1) is 0 Å². The molecule has 1 aliphatic rings. The molecule has 1 aromatic carbocycles. The lowest BCUT2D eigenvalue weighted by Gasteiger charge is -2.32. The monoisotopic (exact) mass is 289 g/mol. The Balaban J connectivity index is 1.66. The summed E-state index contributed by atoms with van der Waals surface area (Å²) in [5, 5.41) is 6.12. The molecular formula is C16H23N3O2. The van der Waals surface area contributed by atoms with Gasteiger partial charge in [0.2, 0.25) is 11.8 Å². The molecule has 2 amide bonds. The summed E-state index contributed by atoms with van der Waals surface area (Å²) in [7, 11) is 0. The number of benzene rings is 1. The highest BCUT2D eigenvalue weighted by molar-refractivity contribution is 5.80. The lowest BCUT2D eigenvalue weighted by Crippen LogP contribution is -2.51. The van der Waals surface area contributed by atoms with Crippen LogP contribution in [-0.4, -0.2) is 48.9 Å². The van der Waals surface area contributed by atoms with Gasteiger partial charge in [-0.3, -0.25) is 9.59 Å². The predicted molar refractivity (Wildman–Crippen MR) is 81.8 cm³/mol. The summed E-state index contributed by atoms with van der Waals surface area (Å²) >= 11 is 0. The zero-order valence-corrected chi connectivity index (χ0v) is 12.5. The third kappa shape index (κ3) is 5.19. The fourth-order valence-electron chi connectivity index (χ4n) is 2.47. The summed E-state index contributed by atoms with van der Waals surface area (Å²) in [6, 6.07) is 9.94. The first-order chi connectivity index (χ1) is 10.1. The number of nitrogens with zero attached hydrogens (tertiary/aromatic N) is 1. The van der Waals surface area contributed by atoms with Gasteiger partial charge in [-0.1, -0.05) is 30.3 Å². The highest BCUT2D eigenvalue weighted by Gasteiger charge is 2.19. The molecule has 5 nitrogen and oxygen atoms in total. The third-order valence-corrected chi connectivity index (χ3v) is 3.59. The quantitative estimate of drug-likeness (QED) is 0.832. The van der Waals surface area contributed by atoms with Gasteiger partial charge in [-0.05, 0) is 12.5 Å². The first-order valence-electron chi connectivity index (χ1n) is 7.47. The number of nitrogens with one attached hydrogen (secondary N) is 2. The Kier molecular flexibility index (Phi) is 5.75. The molecule has 1 fully saturated rings. The van der Waals surface area contributed by atoms with Crippen LogP contribution < -0.4 is 10.6 Å². The highest BCUT2D eigenvalue weighted by Crippen LogP contribution is 2.02. The van der Waals surface area contributed by atoms with Crippen LogP contribution in [0.4, 0.5) is 0 Å². The average molecular weight is 289 g/mol. The normalized spacial score (nSPS) is 18.3. The van der Waals surface area contributed by atoms with E-state index >= 15 is 0 Å². The minimum Gasteiger partial charge on any atom is -0.355 e. The Morgan fingerprint density at radius 3 is 2.81 bits per heavy atom. The van der Waals surface area contributed by atoms with Crippen molar-refractivity contribution in [2.24, 2.45) is 0 Å². The van der Waals surface area contributed by atoms with Crippen molar-refractivity contribution in [2.75, 3.05) is 26.2 Å². The topological polar surface area (TPSA) is 61.4 Å². The van der Waals surface area contributed by atoms with Crippen molar-refractivity contribution in [3.8, 4) is 0 Å². The van der Waals surface area contributed by atoms with Crippen LogP contribution in [0.1, 0.15) is 18.9 Å². The Labute approximate surface area is 125 Å². The molecular weight excluding hydrogens is 266 g/mol. The molecule has 0 aromatic heterocycles. The number of carbonyl (C=O) groups is 2. The summed E-state index contributed by atoms with van der Waals surface area (Å²) in [5.41, 5.74) is 0.984. The molecule has 1 aromatic rings. The lowest BCUT2D eigenvalue weighted by molar-refractivity contribution is -0.132. The average Bonchev–Trinajstić information content (AvgIpc) is 2.48. The number of amides is 2. The predicted octanol–water partition coefficient (Wildman–Crippen LogP) is 0.556. The Bertz CT molecular complexity index is 476. The molecule has 2 N–H and O–H groups in total. The van der Waals surface area contributed by atoms with E-state index in [1.54, 1.807) is 0 Å². The molecule has 0 saturated carbocycles. The van der Waals surface area contributed by atoms with Gasteiger partial charge in [0, 0.05) is 38.6 Å². The molecule has 1 aliphatic heterocycles. The third-order valence-electron chi connectivity index (χ3n) is 3.59. The lowest BCUT2D eigenvalue weighted by atomic mass is 10.1. The standard InChI is InChI=1S/C16H23N3O2/c1-13-12-19(10-9-17-13)16(21)7-8-18-15(20)11-14-5-3-2-4-6-14/h2-6,13,17H,7-12H2,1H3,(H,18,20). The molecule has 0 spiro atoms. The van der Waals surface area contributed by atoms with Gasteiger partial charge >= 0.3 is 0 Å². The highest BCUT2D eigenvalue weighted by atomic mass is 16.2. The van der Waals surface area contributed by atoms with Crippen LogP contribution in [0.25, 0.3) is 0 Å². The number of rotatable bonds is 5. The fraction of sp³-hybridized carbons (Fsp3) is 0.500. The largest absolute Gasteiger partial charge is 0.355 e. The second-order valence-corrected chi connectivity index (χ2v) is 5.46. The second kappa shape index (κ2) is 7.78. The molecule has 5 heteroatoms. The SMILES string of the molecule is CC1CN(C(=O)CCNC(=O)Cc2ccccc2)CCN1. The van der Waals surface area contributed by atoms with Gasteiger partial charge in [0.15, 0.2) is 0 Å². The number of piperazine rings is 1. The molecule has 1 atom stereocenters. The summed E-state index contributed by atoms with van der Waals surface area (Å²) < 4.78 is 0. The van der Waals surface area contributed by atoms with E-state index in [0.717, 1.165) is 25.2 Å². The van der Waals surface area contributed by atoms with Crippen LogP contribution in [0.3, 0.4) is 0 Å². The van der Waals surface area contributed by atoms with Crippen LogP contribution in [0.15, 0.2) is 30.3 Å². The molecule has 2 rings (SSSR count). The van der Waals surface area contributed by atoms with Crippen LogP contribution >= 0.6 is 0 Å². The molecule has 0 bridgehead atoms. The van der Waals surface area contributed by atoms with E-state index < -0.39 is 0 Å². The minimum absolute atomic E-state index is 0.0392. The van der Waals surface area contributed by atoms with Crippen molar-refractivity contribution < 1.29 is 9.59 Å². The van der Waals surface area contributed by atoms with Gasteiger partial charge in [0.25, 0.3) is 0 Å². The van der Waals surface area contributed by atoms with E-state index in [2.05, 4.69) is 17.6 Å². The van der Waals surface area contributed by atoms with Gasteiger partial charge < -0.3 is 15.5 Å². The maximum absolute atomic E-state index is 12.0. The van der Waals surface area contributed by atoms with Crippen molar-refractivity contribution in [1.29, 1.82) is 0 Å². The van der Waals surface area contributed by atoms with Crippen molar-refractivity contribution in [3.63, 3.8) is 0 Å². The summed E-state index contributed by atoms with van der Waals surface area (Å²) in [5.74, 6) is 0.0750. The van der Waals surface area contributed by atoms with Crippen molar-refractivity contribution in [1.82, 2.24) is 15.5 Å². The molecule has 1 saturated heterocycles. The van der Waals surface area contributed by atoms with E-state index in [1.807, 2.05) is 35.2 Å². The molecule has 1 heterocycles. The van der Waals surface area contributed by atoms with Crippen molar-refractivity contribution >= 4 is 11.8 Å². The number of carbonyl (C=O) groups excluding carboxylic acids is 2. The van der Waals surface area contributed by atoms with Gasteiger partial charge in [0.1, 0.15) is 0 Å². The van der Waals surface area contributed by atoms with Gasteiger partial charge in [-0.2, -0.15) is 0 Å². The zero-order chi connectivity index (χ0) is 15.1. The van der Waals surface area contributed by atoms with Gasteiger partial charge in [-0.25, -0.2) is 0 Å². The maximum atomic E-state index is 12.0. The number of hydrogen-bond donors (Lipinski definition) is 2. The molecule has 0 radical (unpaired) electrons. The first-order valence-corrected chi connectivity index (χ1v) is 7.47. The van der Waals surface area contributed by atoms with Gasteiger partial charge in [0.05, 0.1) is 6.42 Å². The summed E-state index contributed by atoms with van der Waals surface area (Å²) in [6.45, 7) is 4.81. The first kappa shape index (κ1) is 15.5.